The van der Waals surface area contributed by atoms with Crippen molar-refractivity contribution in [1.82, 2.24) is 10.2 Å². The molecule has 1 heterocycles. The van der Waals surface area contributed by atoms with Gasteiger partial charge in [-0.25, -0.2) is 4.39 Å². The molecule has 1 aliphatic heterocycles. The molecule has 144 valence electrons. The van der Waals surface area contributed by atoms with Crippen LogP contribution in [0.4, 0.5) is 4.39 Å². The Balaban J connectivity index is 1.59. The van der Waals surface area contributed by atoms with Crippen LogP contribution in [0.1, 0.15) is 36.4 Å². The Labute approximate surface area is 169 Å². The number of halogens is 1. The average molecular weight is 396 g/mol. The Kier molecular flexibility index (Phi) is 5.13. The predicted molar refractivity (Wildman–Crippen MR) is 109 cm³/mol. The minimum atomic E-state index is -0.267. The molecule has 4 nitrogen and oxygen atoms in total. The number of nitrogens with zero attached hydrogens (tertiary/aromatic N) is 1. The smallest absolute Gasteiger partial charge is 0.173 e. The maximum absolute atomic E-state index is 13.0. The molecule has 1 unspecified atom stereocenters. The zero-order valence-corrected chi connectivity index (χ0v) is 16.4. The maximum atomic E-state index is 13.0. The van der Waals surface area contributed by atoms with Crippen LogP contribution in [0.2, 0.25) is 0 Å². The van der Waals surface area contributed by atoms with Gasteiger partial charge in [0.15, 0.2) is 10.9 Å². The zero-order valence-electron chi connectivity index (χ0n) is 15.6. The predicted octanol–water partition coefficient (Wildman–Crippen LogP) is 4.27. The normalized spacial score (nSPS) is 19.4. The first kappa shape index (κ1) is 18.6. The van der Waals surface area contributed by atoms with Crippen molar-refractivity contribution in [3.8, 4) is 5.75 Å². The molecule has 0 saturated carbocycles. The fourth-order valence-electron chi connectivity index (χ4n) is 3.72. The van der Waals surface area contributed by atoms with Gasteiger partial charge in [0.25, 0.3) is 0 Å². The Bertz CT molecular complexity index is 955. The second kappa shape index (κ2) is 7.72. The van der Waals surface area contributed by atoms with Gasteiger partial charge in [-0.2, -0.15) is 0 Å². The standard InChI is InChI=1S/C22H21FN2O2S/c1-25-18-6-3-7-19(26)20(18)21(24-22(25)28)15-4-2-5-17(12-15)27-13-14-8-10-16(23)11-9-14/h2,4-5,8-12,21H,3,6-7,13H2,1H3,(H,24,28). The number of hydrogen-bond acceptors (Lipinski definition) is 3. The molecular formula is C22H21FN2O2S. The van der Waals surface area contributed by atoms with E-state index in [1.54, 1.807) is 12.1 Å². The van der Waals surface area contributed by atoms with Crippen LogP contribution >= 0.6 is 12.2 Å². The second-order valence-corrected chi connectivity index (χ2v) is 7.45. The molecule has 0 saturated heterocycles. The van der Waals surface area contributed by atoms with Crippen molar-refractivity contribution >= 4 is 23.1 Å². The van der Waals surface area contributed by atoms with Crippen molar-refractivity contribution in [3.63, 3.8) is 0 Å². The van der Waals surface area contributed by atoms with E-state index in [-0.39, 0.29) is 17.6 Å². The summed E-state index contributed by atoms with van der Waals surface area (Å²) in [7, 11) is 1.90. The molecule has 0 fully saturated rings. The van der Waals surface area contributed by atoms with Gasteiger partial charge in [-0.3, -0.25) is 4.79 Å². The summed E-state index contributed by atoms with van der Waals surface area (Å²) in [5.41, 5.74) is 3.65. The van der Waals surface area contributed by atoms with E-state index in [0.717, 1.165) is 35.2 Å². The number of carbonyl (C=O) groups excluding carboxylic acids is 1. The summed E-state index contributed by atoms with van der Waals surface area (Å²) in [5.74, 6) is 0.598. The lowest BCUT2D eigenvalue weighted by molar-refractivity contribution is -0.116. The molecule has 1 N–H and O–H groups in total. The Hall–Kier alpha value is -2.73. The highest BCUT2D eigenvalue weighted by Gasteiger charge is 2.35. The van der Waals surface area contributed by atoms with Crippen LogP contribution in [0, 0.1) is 5.82 Å². The number of Topliss-reactive ketones (excluding diaryl/α,β-unsaturated/α-hetero) is 1. The molecule has 2 aliphatic rings. The maximum Gasteiger partial charge on any atom is 0.173 e. The molecule has 4 rings (SSSR count). The van der Waals surface area contributed by atoms with Gasteiger partial charge in [-0.1, -0.05) is 24.3 Å². The van der Waals surface area contributed by atoms with Gasteiger partial charge >= 0.3 is 0 Å². The Morgan fingerprint density at radius 1 is 1.21 bits per heavy atom. The lowest BCUT2D eigenvalue weighted by Gasteiger charge is -2.39. The molecule has 1 atom stereocenters. The highest BCUT2D eigenvalue weighted by molar-refractivity contribution is 7.80. The molecule has 2 aromatic rings. The van der Waals surface area contributed by atoms with E-state index >= 15 is 0 Å². The number of ketones is 1. The van der Waals surface area contributed by atoms with E-state index in [1.165, 1.54) is 12.1 Å². The summed E-state index contributed by atoms with van der Waals surface area (Å²) in [6.45, 7) is 0.343. The quantitative estimate of drug-likeness (QED) is 0.782. The summed E-state index contributed by atoms with van der Waals surface area (Å²) in [5, 5.41) is 3.92. The summed E-state index contributed by atoms with van der Waals surface area (Å²) in [6.07, 6.45) is 2.28. The highest BCUT2D eigenvalue weighted by Crippen LogP contribution is 2.37. The average Bonchev–Trinajstić information content (AvgIpc) is 2.71. The highest BCUT2D eigenvalue weighted by atomic mass is 32.1. The lowest BCUT2D eigenvalue weighted by Crippen LogP contribution is -2.47. The van der Waals surface area contributed by atoms with Gasteiger partial charge in [0.2, 0.25) is 0 Å². The van der Waals surface area contributed by atoms with Crippen molar-refractivity contribution in [2.24, 2.45) is 0 Å². The fourth-order valence-corrected chi connectivity index (χ4v) is 3.95. The zero-order chi connectivity index (χ0) is 19.7. The van der Waals surface area contributed by atoms with Gasteiger partial charge in [0, 0.05) is 24.7 Å². The van der Waals surface area contributed by atoms with Crippen molar-refractivity contribution in [3.05, 3.63) is 76.7 Å². The molecule has 0 bridgehead atoms. The van der Waals surface area contributed by atoms with Crippen LogP contribution in [0.5, 0.6) is 5.75 Å². The molecule has 28 heavy (non-hydrogen) atoms. The van der Waals surface area contributed by atoms with E-state index in [2.05, 4.69) is 5.32 Å². The summed E-state index contributed by atoms with van der Waals surface area (Å²) in [4.78, 5) is 14.6. The topological polar surface area (TPSA) is 41.6 Å². The molecular weight excluding hydrogens is 375 g/mol. The van der Waals surface area contributed by atoms with Gasteiger partial charge in [-0.15, -0.1) is 0 Å². The van der Waals surface area contributed by atoms with Gasteiger partial charge in [0.05, 0.1) is 6.04 Å². The molecule has 6 heteroatoms. The molecule has 2 aromatic carbocycles. The fraction of sp³-hybridized carbons (Fsp3) is 0.273. The van der Waals surface area contributed by atoms with Gasteiger partial charge in [0.1, 0.15) is 18.2 Å². The van der Waals surface area contributed by atoms with E-state index < -0.39 is 0 Å². The summed E-state index contributed by atoms with van der Waals surface area (Å²) < 4.78 is 18.9. The number of hydrogen-bond donors (Lipinski definition) is 1. The van der Waals surface area contributed by atoms with Crippen LogP contribution in [0.25, 0.3) is 0 Å². The van der Waals surface area contributed by atoms with E-state index in [9.17, 15) is 9.18 Å². The molecule has 0 aromatic heterocycles. The van der Waals surface area contributed by atoms with Crippen molar-refractivity contribution in [1.29, 1.82) is 0 Å². The number of rotatable bonds is 4. The van der Waals surface area contributed by atoms with Crippen LogP contribution < -0.4 is 10.1 Å². The third kappa shape index (κ3) is 3.64. The number of carbonyl (C=O) groups is 1. The summed E-state index contributed by atoms with van der Waals surface area (Å²) >= 11 is 5.48. The van der Waals surface area contributed by atoms with Crippen LogP contribution in [-0.4, -0.2) is 22.8 Å². The van der Waals surface area contributed by atoms with Gasteiger partial charge in [-0.05, 0) is 60.5 Å². The monoisotopic (exact) mass is 396 g/mol. The van der Waals surface area contributed by atoms with Crippen molar-refractivity contribution in [2.45, 2.75) is 31.9 Å². The number of thiocarbonyl (C=S) groups is 1. The third-order valence-corrected chi connectivity index (χ3v) is 5.60. The number of benzene rings is 2. The number of ether oxygens (including phenoxy) is 1. The van der Waals surface area contributed by atoms with Crippen LogP contribution in [0.3, 0.4) is 0 Å². The first-order chi connectivity index (χ1) is 13.5. The molecule has 0 spiro atoms. The van der Waals surface area contributed by atoms with Crippen molar-refractivity contribution < 1.29 is 13.9 Å². The van der Waals surface area contributed by atoms with E-state index in [1.807, 2.05) is 36.2 Å². The van der Waals surface area contributed by atoms with E-state index in [4.69, 9.17) is 17.0 Å². The Morgan fingerprint density at radius 3 is 2.79 bits per heavy atom. The second-order valence-electron chi connectivity index (χ2n) is 7.07. The van der Waals surface area contributed by atoms with Gasteiger partial charge < -0.3 is 15.0 Å². The molecule has 0 radical (unpaired) electrons. The lowest BCUT2D eigenvalue weighted by atomic mass is 9.85. The van der Waals surface area contributed by atoms with E-state index in [0.29, 0.717) is 23.9 Å². The summed E-state index contributed by atoms with van der Waals surface area (Å²) in [6, 6.07) is 13.7. The Morgan fingerprint density at radius 2 is 2.00 bits per heavy atom. The minimum Gasteiger partial charge on any atom is -0.489 e. The molecule has 1 aliphatic carbocycles. The SMILES string of the molecule is CN1C(=S)NC(c2cccc(OCc3ccc(F)cc3)c2)C2=C1CCCC2=O. The minimum absolute atomic E-state index is 0.172. The third-order valence-electron chi connectivity index (χ3n) is 5.20. The van der Waals surface area contributed by atoms with Crippen LogP contribution in [0.15, 0.2) is 59.8 Å². The first-order valence-electron chi connectivity index (χ1n) is 9.30. The number of allylic oxidation sites excluding steroid dienone is 1. The first-order valence-corrected chi connectivity index (χ1v) is 9.71. The van der Waals surface area contributed by atoms with Crippen molar-refractivity contribution in [2.75, 3.05) is 7.05 Å². The molecule has 0 amide bonds. The largest absolute Gasteiger partial charge is 0.489 e. The van der Waals surface area contributed by atoms with Crippen LogP contribution in [-0.2, 0) is 11.4 Å². The number of nitrogens with one attached hydrogen (secondary N) is 1.